The normalized spacial score (nSPS) is 30.1. The molecule has 2 nitrogen and oxygen atoms in total. The summed E-state index contributed by atoms with van der Waals surface area (Å²) in [5.41, 5.74) is 1.57. The van der Waals surface area contributed by atoms with Crippen molar-refractivity contribution in [2.45, 2.75) is 32.3 Å². The zero-order valence-corrected chi connectivity index (χ0v) is 13.0. The van der Waals surface area contributed by atoms with Crippen LogP contribution in [-0.4, -0.2) is 26.3 Å². The van der Waals surface area contributed by atoms with Gasteiger partial charge in [-0.2, -0.15) is 0 Å². The van der Waals surface area contributed by atoms with Crippen LogP contribution in [0.1, 0.15) is 31.7 Å². The summed E-state index contributed by atoms with van der Waals surface area (Å²) in [6.45, 7) is 6.64. The summed E-state index contributed by atoms with van der Waals surface area (Å²) in [4.78, 5) is 0. The Hall–Kier alpha value is -0.380. The highest BCUT2D eigenvalue weighted by atomic mass is 79.9. The van der Waals surface area contributed by atoms with Crippen LogP contribution in [0.15, 0.2) is 28.7 Å². The van der Waals surface area contributed by atoms with Crippen molar-refractivity contribution in [2.75, 3.05) is 20.2 Å². The highest BCUT2D eigenvalue weighted by Gasteiger charge is 2.42. The maximum atomic E-state index is 5.64. The summed E-state index contributed by atoms with van der Waals surface area (Å²) in [7, 11) is 1.81. The van der Waals surface area contributed by atoms with Crippen LogP contribution in [0.5, 0.6) is 0 Å². The first-order chi connectivity index (χ1) is 8.59. The Balaban J connectivity index is 2.37. The van der Waals surface area contributed by atoms with E-state index in [4.69, 9.17) is 4.74 Å². The van der Waals surface area contributed by atoms with Gasteiger partial charge in [-0.1, -0.05) is 41.1 Å². The molecule has 1 N–H and O–H groups in total. The summed E-state index contributed by atoms with van der Waals surface area (Å²) in [6, 6.07) is 8.54. The SMILES string of the molecule is COC(C)C1(C)CCNCC1c1ccccc1Br. The fraction of sp³-hybridized carbons (Fsp3) is 0.600. The van der Waals surface area contributed by atoms with Crippen molar-refractivity contribution in [3.63, 3.8) is 0 Å². The zero-order chi connectivity index (χ0) is 13.2. The van der Waals surface area contributed by atoms with E-state index in [2.05, 4.69) is 59.4 Å². The molecule has 0 aromatic heterocycles. The number of halogens is 1. The minimum Gasteiger partial charge on any atom is -0.381 e. The number of benzene rings is 1. The molecule has 0 aliphatic carbocycles. The van der Waals surface area contributed by atoms with E-state index in [1.54, 1.807) is 0 Å². The molecule has 1 aromatic rings. The van der Waals surface area contributed by atoms with Crippen LogP contribution < -0.4 is 5.32 Å². The Labute approximate surface area is 118 Å². The van der Waals surface area contributed by atoms with Gasteiger partial charge in [-0.25, -0.2) is 0 Å². The molecule has 18 heavy (non-hydrogen) atoms. The van der Waals surface area contributed by atoms with E-state index in [-0.39, 0.29) is 11.5 Å². The Morgan fingerprint density at radius 2 is 2.17 bits per heavy atom. The van der Waals surface area contributed by atoms with Crippen molar-refractivity contribution in [2.24, 2.45) is 5.41 Å². The van der Waals surface area contributed by atoms with Crippen LogP contribution >= 0.6 is 15.9 Å². The molecule has 1 aliphatic heterocycles. The molecule has 0 bridgehead atoms. The minimum atomic E-state index is 0.184. The van der Waals surface area contributed by atoms with E-state index in [1.165, 1.54) is 10.0 Å². The molecule has 0 spiro atoms. The molecule has 0 amide bonds. The van der Waals surface area contributed by atoms with Crippen LogP contribution in [0, 0.1) is 5.41 Å². The predicted molar refractivity (Wildman–Crippen MR) is 78.9 cm³/mol. The molecule has 100 valence electrons. The van der Waals surface area contributed by atoms with E-state index in [0.717, 1.165) is 19.5 Å². The van der Waals surface area contributed by atoms with Crippen LogP contribution in [0.2, 0.25) is 0 Å². The molecule has 1 fully saturated rings. The average molecular weight is 312 g/mol. The lowest BCUT2D eigenvalue weighted by Crippen LogP contribution is -2.48. The Morgan fingerprint density at radius 3 is 2.83 bits per heavy atom. The summed E-state index contributed by atoms with van der Waals surface area (Å²) in [5.74, 6) is 0.483. The Morgan fingerprint density at radius 1 is 1.44 bits per heavy atom. The van der Waals surface area contributed by atoms with E-state index in [0.29, 0.717) is 5.92 Å². The fourth-order valence-corrected chi connectivity index (χ4v) is 3.55. The number of nitrogens with one attached hydrogen (secondary N) is 1. The molecule has 2 rings (SSSR count). The van der Waals surface area contributed by atoms with Gasteiger partial charge >= 0.3 is 0 Å². The average Bonchev–Trinajstić information content (AvgIpc) is 2.39. The summed E-state index contributed by atoms with van der Waals surface area (Å²) >= 11 is 3.69. The predicted octanol–water partition coefficient (Wildman–Crippen LogP) is 3.57. The molecule has 1 heterocycles. The van der Waals surface area contributed by atoms with E-state index >= 15 is 0 Å². The number of methoxy groups -OCH3 is 1. The van der Waals surface area contributed by atoms with Crippen molar-refractivity contribution in [3.8, 4) is 0 Å². The molecular weight excluding hydrogens is 290 g/mol. The quantitative estimate of drug-likeness (QED) is 0.921. The van der Waals surface area contributed by atoms with Gasteiger partial charge in [0.2, 0.25) is 0 Å². The second kappa shape index (κ2) is 5.72. The number of rotatable bonds is 3. The first kappa shape index (κ1) is 14.0. The molecule has 1 aromatic carbocycles. The minimum absolute atomic E-state index is 0.184. The summed E-state index contributed by atoms with van der Waals surface area (Å²) in [5, 5.41) is 3.52. The van der Waals surface area contributed by atoms with Crippen molar-refractivity contribution < 1.29 is 4.74 Å². The summed E-state index contributed by atoms with van der Waals surface area (Å²) < 4.78 is 6.84. The van der Waals surface area contributed by atoms with Gasteiger partial charge in [0.25, 0.3) is 0 Å². The zero-order valence-electron chi connectivity index (χ0n) is 11.4. The van der Waals surface area contributed by atoms with Gasteiger partial charge in [-0.3, -0.25) is 0 Å². The van der Waals surface area contributed by atoms with Crippen LogP contribution in [0.25, 0.3) is 0 Å². The number of hydrogen-bond donors (Lipinski definition) is 1. The lowest BCUT2D eigenvalue weighted by molar-refractivity contribution is -0.0208. The molecule has 3 atom stereocenters. The maximum absolute atomic E-state index is 5.64. The Bertz CT molecular complexity index is 409. The Kier molecular flexibility index (Phi) is 4.46. The van der Waals surface area contributed by atoms with Crippen LogP contribution in [-0.2, 0) is 4.74 Å². The second-order valence-corrected chi connectivity index (χ2v) is 6.27. The fourth-order valence-electron chi connectivity index (χ4n) is 2.99. The van der Waals surface area contributed by atoms with Gasteiger partial charge in [0.05, 0.1) is 6.10 Å². The molecule has 1 aliphatic rings. The van der Waals surface area contributed by atoms with E-state index in [9.17, 15) is 0 Å². The molecular formula is C15H22BrNO. The molecule has 3 heteroatoms. The van der Waals surface area contributed by atoms with Gasteiger partial charge in [-0.15, -0.1) is 0 Å². The second-order valence-electron chi connectivity index (χ2n) is 5.41. The van der Waals surface area contributed by atoms with Crippen LogP contribution in [0.4, 0.5) is 0 Å². The number of piperidine rings is 1. The third-order valence-corrected chi connectivity index (χ3v) is 5.27. The monoisotopic (exact) mass is 311 g/mol. The first-order valence-electron chi connectivity index (χ1n) is 6.57. The standard InChI is InChI=1S/C15H22BrNO/c1-11(18-3)15(2)8-9-17-10-13(15)12-6-4-5-7-14(12)16/h4-7,11,13,17H,8-10H2,1-3H3. The van der Waals surface area contributed by atoms with E-state index in [1.807, 2.05) is 7.11 Å². The largest absolute Gasteiger partial charge is 0.381 e. The topological polar surface area (TPSA) is 21.3 Å². The molecule has 0 saturated carbocycles. The van der Waals surface area contributed by atoms with E-state index < -0.39 is 0 Å². The van der Waals surface area contributed by atoms with Gasteiger partial charge in [0.15, 0.2) is 0 Å². The van der Waals surface area contributed by atoms with Gasteiger partial charge < -0.3 is 10.1 Å². The smallest absolute Gasteiger partial charge is 0.0603 e. The molecule has 1 saturated heterocycles. The maximum Gasteiger partial charge on any atom is 0.0603 e. The lowest BCUT2D eigenvalue weighted by atomic mass is 9.66. The van der Waals surface area contributed by atoms with Gasteiger partial charge in [0, 0.05) is 29.5 Å². The van der Waals surface area contributed by atoms with Gasteiger partial charge in [-0.05, 0) is 31.5 Å². The number of ether oxygens (including phenoxy) is 1. The summed E-state index contributed by atoms with van der Waals surface area (Å²) in [6.07, 6.45) is 1.41. The van der Waals surface area contributed by atoms with Crippen molar-refractivity contribution in [1.82, 2.24) is 5.32 Å². The van der Waals surface area contributed by atoms with Crippen molar-refractivity contribution in [1.29, 1.82) is 0 Å². The molecule has 3 unspecified atom stereocenters. The highest BCUT2D eigenvalue weighted by Crippen LogP contribution is 2.45. The van der Waals surface area contributed by atoms with Crippen molar-refractivity contribution >= 4 is 15.9 Å². The number of hydrogen-bond acceptors (Lipinski definition) is 2. The molecule has 0 radical (unpaired) electrons. The first-order valence-corrected chi connectivity index (χ1v) is 7.37. The van der Waals surface area contributed by atoms with Gasteiger partial charge in [0.1, 0.15) is 0 Å². The van der Waals surface area contributed by atoms with Crippen LogP contribution in [0.3, 0.4) is 0 Å². The lowest BCUT2D eigenvalue weighted by Gasteiger charge is -2.46. The third kappa shape index (κ3) is 2.49. The van der Waals surface area contributed by atoms with Crippen molar-refractivity contribution in [3.05, 3.63) is 34.3 Å². The third-order valence-electron chi connectivity index (χ3n) is 4.55. The highest BCUT2D eigenvalue weighted by molar-refractivity contribution is 9.10.